The van der Waals surface area contributed by atoms with Gasteiger partial charge in [0.15, 0.2) is 5.78 Å². The fourth-order valence-electron chi connectivity index (χ4n) is 2.00. The van der Waals surface area contributed by atoms with Crippen molar-refractivity contribution in [1.82, 2.24) is 0 Å². The van der Waals surface area contributed by atoms with Crippen LogP contribution in [0.15, 0.2) is 36.4 Å². The van der Waals surface area contributed by atoms with Gasteiger partial charge < -0.3 is 4.74 Å². The van der Waals surface area contributed by atoms with Gasteiger partial charge in [-0.25, -0.2) is 4.39 Å². The average Bonchev–Trinajstić information content (AvgIpc) is 2.37. The standard InChI is InChI=1S/C15H12FNO4/c1-9-5-3-8-13(15(9)17(19)20)21-12-7-4-6-11(16)14(12)10(2)18/h3-8H,1-2H3. The van der Waals surface area contributed by atoms with Crippen LogP contribution in [-0.2, 0) is 0 Å². The lowest BCUT2D eigenvalue weighted by Crippen LogP contribution is -2.02. The van der Waals surface area contributed by atoms with Gasteiger partial charge in [0.1, 0.15) is 11.6 Å². The number of carbonyl (C=O) groups excluding carboxylic acids is 1. The molecule has 0 bridgehead atoms. The Morgan fingerprint density at radius 1 is 1.19 bits per heavy atom. The molecule has 0 atom stereocenters. The number of benzene rings is 2. The van der Waals surface area contributed by atoms with E-state index in [0.717, 1.165) is 6.07 Å². The third kappa shape index (κ3) is 2.89. The zero-order chi connectivity index (χ0) is 15.6. The number of hydrogen-bond acceptors (Lipinski definition) is 4. The lowest BCUT2D eigenvalue weighted by Gasteiger charge is -2.11. The number of nitro groups is 1. The summed E-state index contributed by atoms with van der Waals surface area (Å²) in [5.74, 6) is -1.32. The summed E-state index contributed by atoms with van der Waals surface area (Å²) in [7, 11) is 0. The van der Waals surface area contributed by atoms with E-state index < -0.39 is 16.5 Å². The first-order valence-electron chi connectivity index (χ1n) is 6.13. The van der Waals surface area contributed by atoms with Crippen molar-refractivity contribution < 1.29 is 18.8 Å². The monoisotopic (exact) mass is 289 g/mol. The number of rotatable bonds is 4. The van der Waals surface area contributed by atoms with Crippen molar-refractivity contribution in [1.29, 1.82) is 0 Å². The highest BCUT2D eigenvalue weighted by molar-refractivity contribution is 5.97. The van der Waals surface area contributed by atoms with E-state index in [1.54, 1.807) is 19.1 Å². The normalized spacial score (nSPS) is 10.2. The Labute approximate surface area is 120 Å². The van der Waals surface area contributed by atoms with Crippen LogP contribution in [0.4, 0.5) is 10.1 Å². The van der Waals surface area contributed by atoms with E-state index >= 15 is 0 Å². The van der Waals surface area contributed by atoms with Crippen molar-refractivity contribution in [2.45, 2.75) is 13.8 Å². The SMILES string of the molecule is CC(=O)c1c(F)cccc1Oc1cccc(C)c1[N+](=O)[O-]. The largest absolute Gasteiger partial charge is 0.449 e. The Morgan fingerprint density at radius 2 is 1.81 bits per heavy atom. The Bertz CT molecular complexity index is 666. The molecule has 2 aromatic rings. The molecule has 0 radical (unpaired) electrons. The summed E-state index contributed by atoms with van der Waals surface area (Å²) < 4.78 is 19.1. The molecule has 108 valence electrons. The second-order valence-electron chi connectivity index (χ2n) is 4.45. The fraction of sp³-hybridized carbons (Fsp3) is 0.133. The van der Waals surface area contributed by atoms with Gasteiger partial charge in [-0.3, -0.25) is 14.9 Å². The molecule has 0 unspecified atom stereocenters. The molecule has 0 saturated heterocycles. The number of nitro benzene ring substituents is 1. The minimum Gasteiger partial charge on any atom is -0.449 e. The van der Waals surface area contributed by atoms with Crippen molar-refractivity contribution in [2.75, 3.05) is 0 Å². The molecule has 0 N–H and O–H groups in total. The maximum atomic E-state index is 13.7. The van der Waals surface area contributed by atoms with E-state index in [2.05, 4.69) is 0 Å². The lowest BCUT2D eigenvalue weighted by atomic mass is 10.1. The topological polar surface area (TPSA) is 69.4 Å². The number of aryl methyl sites for hydroxylation is 1. The van der Waals surface area contributed by atoms with Crippen LogP contribution in [0.2, 0.25) is 0 Å². The highest BCUT2D eigenvalue weighted by atomic mass is 19.1. The molecule has 2 aromatic carbocycles. The average molecular weight is 289 g/mol. The molecular weight excluding hydrogens is 277 g/mol. The second-order valence-corrected chi connectivity index (χ2v) is 4.45. The molecule has 0 aliphatic heterocycles. The number of ether oxygens (including phenoxy) is 1. The van der Waals surface area contributed by atoms with Gasteiger partial charge in [-0.05, 0) is 32.0 Å². The summed E-state index contributed by atoms with van der Waals surface area (Å²) in [4.78, 5) is 22.0. The van der Waals surface area contributed by atoms with E-state index in [9.17, 15) is 19.3 Å². The minimum atomic E-state index is -0.727. The molecule has 0 amide bonds. The quantitative estimate of drug-likeness (QED) is 0.484. The minimum absolute atomic E-state index is 0.0342. The van der Waals surface area contributed by atoms with E-state index in [1.165, 1.54) is 25.1 Å². The van der Waals surface area contributed by atoms with E-state index in [1.807, 2.05) is 0 Å². The third-order valence-corrected chi connectivity index (χ3v) is 2.93. The summed E-state index contributed by atoms with van der Waals surface area (Å²) in [6.45, 7) is 2.78. The van der Waals surface area contributed by atoms with Gasteiger partial charge in [-0.1, -0.05) is 18.2 Å². The molecule has 0 aliphatic rings. The predicted molar refractivity (Wildman–Crippen MR) is 74.3 cm³/mol. The second kappa shape index (κ2) is 5.70. The van der Waals surface area contributed by atoms with Crippen LogP contribution in [0.5, 0.6) is 11.5 Å². The van der Waals surface area contributed by atoms with E-state index in [-0.39, 0.29) is 22.7 Å². The molecule has 0 aliphatic carbocycles. The van der Waals surface area contributed by atoms with Gasteiger partial charge in [-0.2, -0.15) is 0 Å². The molecule has 0 fully saturated rings. The number of ketones is 1. The van der Waals surface area contributed by atoms with Crippen molar-refractivity contribution in [3.63, 3.8) is 0 Å². The van der Waals surface area contributed by atoms with Gasteiger partial charge in [0.2, 0.25) is 5.75 Å². The molecule has 6 heteroatoms. The van der Waals surface area contributed by atoms with Crippen LogP contribution in [0, 0.1) is 22.9 Å². The predicted octanol–water partition coefficient (Wildman–Crippen LogP) is 4.04. The maximum Gasteiger partial charge on any atom is 0.314 e. The van der Waals surface area contributed by atoms with Crippen LogP contribution in [0.25, 0.3) is 0 Å². The number of hydrogen-bond donors (Lipinski definition) is 0. The van der Waals surface area contributed by atoms with Crippen LogP contribution < -0.4 is 4.74 Å². The van der Waals surface area contributed by atoms with Crippen molar-refractivity contribution >= 4 is 11.5 Å². The van der Waals surface area contributed by atoms with Crippen molar-refractivity contribution in [2.24, 2.45) is 0 Å². The number of carbonyl (C=O) groups is 1. The summed E-state index contributed by atoms with van der Waals surface area (Å²) in [5, 5.41) is 11.1. The number of Topliss-reactive ketones (excluding diaryl/α,β-unsaturated/α-hetero) is 1. The molecule has 2 rings (SSSR count). The number of halogens is 1. The van der Waals surface area contributed by atoms with Crippen LogP contribution in [-0.4, -0.2) is 10.7 Å². The fourth-order valence-corrected chi connectivity index (χ4v) is 2.00. The van der Waals surface area contributed by atoms with E-state index in [0.29, 0.717) is 5.56 Å². The van der Waals surface area contributed by atoms with Crippen LogP contribution >= 0.6 is 0 Å². The van der Waals surface area contributed by atoms with E-state index in [4.69, 9.17) is 4.74 Å². The maximum absolute atomic E-state index is 13.7. The summed E-state index contributed by atoms with van der Waals surface area (Å²) in [5.41, 5.74) is -0.0251. The molecular formula is C15H12FNO4. The first-order valence-corrected chi connectivity index (χ1v) is 6.13. The number of para-hydroxylation sites is 1. The third-order valence-electron chi connectivity index (χ3n) is 2.93. The summed E-state index contributed by atoms with van der Waals surface area (Å²) in [6.07, 6.45) is 0. The van der Waals surface area contributed by atoms with Crippen molar-refractivity contribution in [3.05, 3.63) is 63.5 Å². The first kappa shape index (κ1) is 14.6. The molecule has 5 nitrogen and oxygen atoms in total. The lowest BCUT2D eigenvalue weighted by molar-refractivity contribution is -0.386. The number of nitrogens with zero attached hydrogens (tertiary/aromatic N) is 1. The van der Waals surface area contributed by atoms with Gasteiger partial charge >= 0.3 is 5.69 Å². The Kier molecular flexibility index (Phi) is 3.98. The van der Waals surface area contributed by atoms with Gasteiger partial charge in [-0.15, -0.1) is 0 Å². The molecule has 21 heavy (non-hydrogen) atoms. The van der Waals surface area contributed by atoms with Crippen LogP contribution in [0.1, 0.15) is 22.8 Å². The summed E-state index contributed by atoms with van der Waals surface area (Å²) >= 11 is 0. The zero-order valence-corrected chi connectivity index (χ0v) is 11.4. The zero-order valence-electron chi connectivity index (χ0n) is 11.4. The highest BCUT2D eigenvalue weighted by Crippen LogP contribution is 2.35. The molecule has 0 saturated carbocycles. The Balaban J connectivity index is 2.54. The van der Waals surface area contributed by atoms with Gasteiger partial charge in [0.25, 0.3) is 0 Å². The molecule has 0 spiro atoms. The van der Waals surface area contributed by atoms with Crippen LogP contribution in [0.3, 0.4) is 0 Å². The Hall–Kier alpha value is -2.76. The molecule has 0 heterocycles. The summed E-state index contributed by atoms with van der Waals surface area (Å²) in [6, 6.07) is 8.46. The van der Waals surface area contributed by atoms with Gasteiger partial charge in [0, 0.05) is 5.56 Å². The van der Waals surface area contributed by atoms with Crippen molar-refractivity contribution in [3.8, 4) is 11.5 Å². The van der Waals surface area contributed by atoms with Gasteiger partial charge in [0.05, 0.1) is 10.5 Å². The first-order chi connectivity index (χ1) is 9.91. The highest BCUT2D eigenvalue weighted by Gasteiger charge is 2.21. The smallest absolute Gasteiger partial charge is 0.314 e. The Morgan fingerprint density at radius 3 is 2.43 bits per heavy atom. The molecule has 0 aromatic heterocycles.